The summed E-state index contributed by atoms with van der Waals surface area (Å²) in [6.45, 7) is 0.435. The minimum atomic E-state index is -0.125. The van der Waals surface area contributed by atoms with Gasteiger partial charge in [0.2, 0.25) is 0 Å². The Morgan fingerprint density at radius 3 is 2.48 bits per heavy atom. The average molecular weight is 319 g/mol. The molecule has 0 aliphatic rings. The standard InChI is InChI=1S/C16H15ClN2OS/c17-13-6-4-5-12(11-13)16(20)19(10-9-15(18)21)14-7-2-1-3-8-14/h1-8,11H,9-10H2,(H2,18,21). The van der Waals surface area contributed by atoms with Gasteiger partial charge in [0.05, 0.1) is 4.99 Å². The third kappa shape index (κ3) is 4.28. The smallest absolute Gasteiger partial charge is 0.258 e. The molecule has 0 spiro atoms. The molecular formula is C16H15ClN2OS. The van der Waals surface area contributed by atoms with Gasteiger partial charge in [0.25, 0.3) is 5.91 Å². The Kier molecular flexibility index (Phi) is 5.31. The summed E-state index contributed by atoms with van der Waals surface area (Å²) < 4.78 is 0. The quantitative estimate of drug-likeness (QED) is 0.856. The van der Waals surface area contributed by atoms with Crippen LogP contribution in [0, 0.1) is 0 Å². The van der Waals surface area contributed by atoms with E-state index in [1.165, 1.54) is 0 Å². The normalized spacial score (nSPS) is 10.1. The number of rotatable bonds is 5. The summed E-state index contributed by atoms with van der Waals surface area (Å²) in [5.41, 5.74) is 6.89. The van der Waals surface area contributed by atoms with Crippen molar-refractivity contribution >= 4 is 40.4 Å². The van der Waals surface area contributed by atoms with Gasteiger partial charge in [-0.25, -0.2) is 0 Å². The molecule has 3 nitrogen and oxygen atoms in total. The van der Waals surface area contributed by atoms with Gasteiger partial charge in [0.1, 0.15) is 0 Å². The third-order valence-electron chi connectivity index (χ3n) is 2.97. The van der Waals surface area contributed by atoms with Crippen LogP contribution >= 0.6 is 23.8 Å². The first-order valence-electron chi connectivity index (χ1n) is 6.48. The number of anilines is 1. The molecule has 0 unspecified atom stereocenters. The number of amides is 1. The van der Waals surface area contributed by atoms with Crippen LogP contribution in [0.1, 0.15) is 16.8 Å². The summed E-state index contributed by atoms with van der Waals surface area (Å²) in [4.78, 5) is 14.7. The van der Waals surface area contributed by atoms with E-state index in [0.717, 1.165) is 5.69 Å². The van der Waals surface area contributed by atoms with Crippen molar-refractivity contribution in [1.29, 1.82) is 0 Å². The highest BCUT2D eigenvalue weighted by atomic mass is 35.5. The monoisotopic (exact) mass is 318 g/mol. The van der Waals surface area contributed by atoms with E-state index < -0.39 is 0 Å². The zero-order valence-electron chi connectivity index (χ0n) is 11.3. The molecule has 0 atom stereocenters. The highest BCUT2D eigenvalue weighted by molar-refractivity contribution is 7.80. The average Bonchev–Trinajstić information content (AvgIpc) is 2.48. The molecule has 1 amide bonds. The van der Waals surface area contributed by atoms with E-state index in [-0.39, 0.29) is 5.91 Å². The van der Waals surface area contributed by atoms with Crippen molar-refractivity contribution in [3.63, 3.8) is 0 Å². The summed E-state index contributed by atoms with van der Waals surface area (Å²) >= 11 is 10.9. The second-order valence-corrected chi connectivity index (χ2v) is 5.48. The summed E-state index contributed by atoms with van der Waals surface area (Å²) in [5, 5.41) is 0.531. The molecule has 108 valence electrons. The maximum atomic E-state index is 12.7. The summed E-state index contributed by atoms with van der Waals surface area (Å²) in [7, 11) is 0. The molecule has 0 aromatic heterocycles. The topological polar surface area (TPSA) is 46.3 Å². The lowest BCUT2D eigenvalue weighted by molar-refractivity contribution is 0.0987. The number of carbonyl (C=O) groups excluding carboxylic acids is 1. The molecule has 2 aromatic carbocycles. The molecule has 0 heterocycles. The van der Waals surface area contributed by atoms with E-state index in [4.69, 9.17) is 29.6 Å². The summed E-state index contributed by atoms with van der Waals surface area (Å²) in [6.07, 6.45) is 0.469. The number of hydrogen-bond donors (Lipinski definition) is 1. The minimum Gasteiger partial charge on any atom is -0.393 e. The van der Waals surface area contributed by atoms with Crippen molar-refractivity contribution < 1.29 is 4.79 Å². The fraction of sp³-hybridized carbons (Fsp3) is 0.125. The van der Waals surface area contributed by atoms with Crippen LogP contribution in [-0.2, 0) is 0 Å². The molecule has 5 heteroatoms. The van der Waals surface area contributed by atoms with Gasteiger partial charge in [-0.2, -0.15) is 0 Å². The largest absolute Gasteiger partial charge is 0.393 e. The van der Waals surface area contributed by atoms with Crippen LogP contribution in [0.4, 0.5) is 5.69 Å². The van der Waals surface area contributed by atoms with Crippen LogP contribution < -0.4 is 10.6 Å². The number of benzene rings is 2. The van der Waals surface area contributed by atoms with Gasteiger partial charge in [-0.15, -0.1) is 0 Å². The highest BCUT2D eigenvalue weighted by Crippen LogP contribution is 2.19. The number of nitrogens with two attached hydrogens (primary N) is 1. The predicted octanol–water partition coefficient (Wildman–Crippen LogP) is 3.66. The Morgan fingerprint density at radius 2 is 1.86 bits per heavy atom. The van der Waals surface area contributed by atoms with Gasteiger partial charge < -0.3 is 10.6 Å². The van der Waals surface area contributed by atoms with E-state index in [2.05, 4.69) is 0 Å². The molecule has 0 aliphatic heterocycles. The second-order valence-electron chi connectivity index (χ2n) is 4.52. The Labute approximate surface area is 134 Å². The lowest BCUT2D eigenvalue weighted by Gasteiger charge is -2.23. The Balaban J connectivity index is 2.30. The number of carbonyl (C=O) groups is 1. The number of thiocarbonyl (C=S) groups is 1. The summed E-state index contributed by atoms with van der Waals surface area (Å²) in [5.74, 6) is -0.125. The lowest BCUT2D eigenvalue weighted by atomic mass is 10.1. The Morgan fingerprint density at radius 1 is 1.14 bits per heavy atom. The highest BCUT2D eigenvalue weighted by Gasteiger charge is 2.17. The van der Waals surface area contributed by atoms with E-state index in [9.17, 15) is 4.79 Å². The fourth-order valence-corrected chi connectivity index (χ4v) is 2.24. The number of nitrogens with zero attached hydrogens (tertiary/aromatic N) is 1. The maximum Gasteiger partial charge on any atom is 0.258 e. The van der Waals surface area contributed by atoms with Crippen molar-refractivity contribution in [3.05, 3.63) is 65.2 Å². The molecule has 21 heavy (non-hydrogen) atoms. The van der Waals surface area contributed by atoms with Crippen LogP contribution in [0.25, 0.3) is 0 Å². The van der Waals surface area contributed by atoms with Gasteiger partial charge >= 0.3 is 0 Å². The van der Waals surface area contributed by atoms with Crippen molar-refractivity contribution in [1.82, 2.24) is 0 Å². The molecule has 0 bridgehead atoms. The van der Waals surface area contributed by atoms with Crippen LogP contribution in [-0.4, -0.2) is 17.4 Å². The first-order valence-corrected chi connectivity index (χ1v) is 7.27. The van der Waals surface area contributed by atoms with Crippen molar-refractivity contribution in [2.24, 2.45) is 5.73 Å². The number of halogens is 1. The first kappa shape index (κ1) is 15.5. The molecule has 0 radical (unpaired) electrons. The van der Waals surface area contributed by atoms with Gasteiger partial charge in [-0.05, 0) is 30.3 Å². The molecule has 0 saturated heterocycles. The van der Waals surface area contributed by atoms with Gasteiger partial charge in [-0.1, -0.05) is 48.1 Å². The fourth-order valence-electron chi connectivity index (χ4n) is 1.96. The molecule has 0 fully saturated rings. The molecule has 2 aromatic rings. The van der Waals surface area contributed by atoms with Crippen molar-refractivity contribution in [2.45, 2.75) is 6.42 Å². The summed E-state index contributed by atoms with van der Waals surface area (Å²) in [6, 6.07) is 16.3. The van der Waals surface area contributed by atoms with Crippen LogP contribution in [0.3, 0.4) is 0 Å². The van der Waals surface area contributed by atoms with Crippen molar-refractivity contribution in [3.8, 4) is 0 Å². The van der Waals surface area contributed by atoms with E-state index >= 15 is 0 Å². The van der Waals surface area contributed by atoms with Crippen LogP contribution in [0.2, 0.25) is 5.02 Å². The zero-order valence-corrected chi connectivity index (χ0v) is 12.9. The van der Waals surface area contributed by atoms with Gasteiger partial charge in [0, 0.05) is 29.2 Å². The predicted molar refractivity (Wildman–Crippen MR) is 91.0 cm³/mol. The third-order valence-corrected chi connectivity index (χ3v) is 3.41. The first-order chi connectivity index (χ1) is 10.1. The number of para-hydroxylation sites is 1. The Bertz CT molecular complexity index is 646. The maximum absolute atomic E-state index is 12.7. The van der Waals surface area contributed by atoms with Crippen molar-refractivity contribution in [2.75, 3.05) is 11.4 Å². The van der Waals surface area contributed by atoms with Gasteiger partial charge in [-0.3, -0.25) is 4.79 Å². The lowest BCUT2D eigenvalue weighted by Crippen LogP contribution is -2.33. The Hall–Kier alpha value is -1.91. The molecule has 0 aliphatic carbocycles. The van der Waals surface area contributed by atoms with Gasteiger partial charge in [0.15, 0.2) is 0 Å². The molecule has 2 N–H and O–H groups in total. The van der Waals surface area contributed by atoms with E-state index in [1.54, 1.807) is 29.2 Å². The van der Waals surface area contributed by atoms with Crippen LogP contribution in [0.5, 0.6) is 0 Å². The second kappa shape index (κ2) is 7.20. The van der Waals surface area contributed by atoms with Crippen LogP contribution in [0.15, 0.2) is 54.6 Å². The SMILES string of the molecule is NC(=S)CCN(C(=O)c1cccc(Cl)c1)c1ccccc1. The molecular weight excluding hydrogens is 304 g/mol. The molecule has 0 saturated carbocycles. The zero-order chi connectivity index (χ0) is 15.2. The van der Waals surface area contributed by atoms with E-state index in [1.807, 2.05) is 30.3 Å². The number of hydrogen-bond acceptors (Lipinski definition) is 2. The minimum absolute atomic E-state index is 0.125. The molecule has 2 rings (SSSR count). The van der Waals surface area contributed by atoms with E-state index in [0.29, 0.717) is 28.5 Å².